The predicted octanol–water partition coefficient (Wildman–Crippen LogP) is 1.09. The molecule has 0 aliphatic carbocycles. The summed E-state index contributed by atoms with van der Waals surface area (Å²) >= 11 is 0. The van der Waals surface area contributed by atoms with E-state index in [2.05, 4.69) is 5.10 Å². The van der Waals surface area contributed by atoms with Crippen LogP contribution >= 0.6 is 0 Å². The summed E-state index contributed by atoms with van der Waals surface area (Å²) in [5.74, 6) is -1.85. The molecular formula is C11H8N2O4. The van der Waals surface area contributed by atoms with E-state index in [4.69, 9.17) is 5.11 Å². The first kappa shape index (κ1) is 10.9. The van der Waals surface area contributed by atoms with Crippen LogP contribution in [0, 0.1) is 0 Å². The van der Waals surface area contributed by atoms with Crippen molar-refractivity contribution in [2.75, 3.05) is 0 Å². The Bertz CT molecular complexity index is 575. The molecule has 0 spiro atoms. The molecule has 2 N–H and O–H groups in total. The molecule has 1 heterocycles. The third kappa shape index (κ3) is 1.76. The molecule has 0 aliphatic rings. The van der Waals surface area contributed by atoms with E-state index >= 15 is 0 Å². The number of nitrogens with zero attached hydrogens (tertiary/aromatic N) is 2. The molecule has 6 nitrogen and oxygen atoms in total. The highest BCUT2D eigenvalue weighted by molar-refractivity contribution is 5.97. The predicted molar refractivity (Wildman–Crippen MR) is 57.6 cm³/mol. The highest BCUT2D eigenvalue weighted by Crippen LogP contribution is 2.23. The summed E-state index contributed by atoms with van der Waals surface area (Å²) in [6, 6.07) is 8.44. The number of aromatic carboxylic acids is 1. The van der Waals surface area contributed by atoms with Crippen LogP contribution in [-0.4, -0.2) is 32.2 Å². The first-order valence-electron chi connectivity index (χ1n) is 4.71. The number of carbonyl (C=O) groups is 2. The van der Waals surface area contributed by atoms with Crippen LogP contribution in [0.25, 0.3) is 5.69 Å². The second-order valence-electron chi connectivity index (χ2n) is 3.26. The number of hydrogen-bond donors (Lipinski definition) is 2. The molecule has 0 saturated heterocycles. The van der Waals surface area contributed by atoms with E-state index in [1.165, 1.54) is 0 Å². The molecule has 0 radical (unpaired) electrons. The van der Waals surface area contributed by atoms with E-state index in [1.807, 2.05) is 0 Å². The maximum absolute atomic E-state index is 10.8. The van der Waals surface area contributed by atoms with Crippen LogP contribution in [0.15, 0.2) is 30.3 Å². The van der Waals surface area contributed by atoms with Gasteiger partial charge in [0.25, 0.3) is 0 Å². The van der Waals surface area contributed by atoms with Crippen LogP contribution < -0.4 is 0 Å². The zero-order valence-corrected chi connectivity index (χ0v) is 8.57. The second kappa shape index (κ2) is 4.09. The van der Waals surface area contributed by atoms with E-state index in [-0.39, 0.29) is 11.8 Å². The lowest BCUT2D eigenvalue weighted by Gasteiger charge is -2.01. The Morgan fingerprint density at radius 1 is 1.29 bits per heavy atom. The molecule has 0 saturated carbocycles. The maximum atomic E-state index is 10.8. The third-order valence-electron chi connectivity index (χ3n) is 2.22. The van der Waals surface area contributed by atoms with Crippen molar-refractivity contribution in [1.29, 1.82) is 0 Å². The minimum atomic E-state index is -1.36. The number of carboxylic acid groups (broad SMARTS) is 1. The average Bonchev–Trinajstić information content (AvgIpc) is 2.67. The SMILES string of the molecule is O=Cc1c(C(=O)O)nn(-c2ccccc2)c1O. The molecule has 0 bridgehead atoms. The third-order valence-corrected chi connectivity index (χ3v) is 2.22. The van der Waals surface area contributed by atoms with Gasteiger partial charge in [0.1, 0.15) is 5.56 Å². The molecule has 86 valence electrons. The molecule has 2 rings (SSSR count). The number of aldehydes is 1. The number of benzene rings is 1. The largest absolute Gasteiger partial charge is 0.493 e. The Morgan fingerprint density at radius 2 is 1.94 bits per heavy atom. The lowest BCUT2D eigenvalue weighted by Crippen LogP contribution is -2.02. The molecule has 0 fully saturated rings. The summed E-state index contributed by atoms with van der Waals surface area (Å²) in [4.78, 5) is 21.6. The van der Waals surface area contributed by atoms with Crippen LogP contribution in [0.5, 0.6) is 5.88 Å². The van der Waals surface area contributed by atoms with Gasteiger partial charge in [-0.3, -0.25) is 4.79 Å². The molecule has 6 heteroatoms. The summed E-state index contributed by atoms with van der Waals surface area (Å²) in [6.07, 6.45) is 0.269. The first-order valence-corrected chi connectivity index (χ1v) is 4.71. The summed E-state index contributed by atoms with van der Waals surface area (Å²) < 4.78 is 1.01. The van der Waals surface area contributed by atoms with Gasteiger partial charge in [-0.15, -0.1) is 0 Å². The average molecular weight is 232 g/mol. The minimum Gasteiger partial charge on any atom is -0.493 e. The van der Waals surface area contributed by atoms with Crippen molar-refractivity contribution in [3.63, 3.8) is 0 Å². The van der Waals surface area contributed by atoms with Gasteiger partial charge in [0.2, 0.25) is 5.88 Å². The van der Waals surface area contributed by atoms with E-state index in [0.717, 1.165) is 4.68 Å². The molecule has 0 amide bonds. The van der Waals surface area contributed by atoms with Gasteiger partial charge in [0.15, 0.2) is 12.0 Å². The fraction of sp³-hybridized carbons (Fsp3) is 0. The molecular weight excluding hydrogens is 224 g/mol. The van der Waals surface area contributed by atoms with Gasteiger partial charge in [-0.1, -0.05) is 18.2 Å². The molecule has 0 atom stereocenters. The van der Waals surface area contributed by atoms with Crippen LogP contribution in [0.3, 0.4) is 0 Å². The molecule has 2 aromatic rings. The van der Waals surface area contributed by atoms with Gasteiger partial charge in [-0.05, 0) is 12.1 Å². The highest BCUT2D eigenvalue weighted by atomic mass is 16.4. The van der Waals surface area contributed by atoms with E-state index in [1.54, 1.807) is 30.3 Å². The lowest BCUT2D eigenvalue weighted by molar-refractivity contribution is 0.0687. The standard InChI is InChI=1S/C11H8N2O4/c14-6-8-9(11(16)17)12-13(10(8)15)7-4-2-1-3-5-7/h1-6,15H,(H,16,17). The van der Waals surface area contributed by atoms with Crippen molar-refractivity contribution in [3.05, 3.63) is 41.6 Å². The second-order valence-corrected chi connectivity index (χ2v) is 3.26. The van der Waals surface area contributed by atoms with Gasteiger partial charge >= 0.3 is 5.97 Å². The number of aromatic hydroxyl groups is 1. The molecule has 1 aromatic heterocycles. The smallest absolute Gasteiger partial charge is 0.357 e. The van der Waals surface area contributed by atoms with Crippen molar-refractivity contribution in [2.45, 2.75) is 0 Å². The Hall–Kier alpha value is -2.63. The number of rotatable bonds is 3. The quantitative estimate of drug-likeness (QED) is 0.772. The van der Waals surface area contributed by atoms with Crippen molar-refractivity contribution in [3.8, 4) is 11.6 Å². The topological polar surface area (TPSA) is 92.4 Å². The number of carbonyl (C=O) groups excluding carboxylic acids is 1. The number of hydrogen-bond acceptors (Lipinski definition) is 4. The fourth-order valence-electron chi connectivity index (χ4n) is 1.44. The maximum Gasteiger partial charge on any atom is 0.357 e. The first-order chi connectivity index (χ1) is 8.15. The normalized spacial score (nSPS) is 10.1. The van der Waals surface area contributed by atoms with Crippen LogP contribution in [0.1, 0.15) is 20.8 Å². The van der Waals surface area contributed by atoms with Crippen molar-refractivity contribution in [2.24, 2.45) is 0 Å². The van der Waals surface area contributed by atoms with Gasteiger partial charge in [-0.2, -0.15) is 9.78 Å². The summed E-state index contributed by atoms with van der Waals surface area (Å²) in [6.45, 7) is 0. The van der Waals surface area contributed by atoms with Crippen LogP contribution in [0.2, 0.25) is 0 Å². The van der Waals surface area contributed by atoms with Gasteiger partial charge in [0, 0.05) is 0 Å². The number of aromatic nitrogens is 2. The van der Waals surface area contributed by atoms with Crippen molar-refractivity contribution in [1.82, 2.24) is 9.78 Å². The number of para-hydroxylation sites is 1. The highest BCUT2D eigenvalue weighted by Gasteiger charge is 2.22. The van der Waals surface area contributed by atoms with Gasteiger partial charge in [0.05, 0.1) is 5.69 Å². The Kier molecular flexibility index (Phi) is 2.61. The van der Waals surface area contributed by atoms with Crippen molar-refractivity contribution >= 4 is 12.3 Å². The molecule has 17 heavy (non-hydrogen) atoms. The van der Waals surface area contributed by atoms with Gasteiger partial charge < -0.3 is 10.2 Å². The minimum absolute atomic E-state index is 0.269. The van der Waals surface area contributed by atoms with Crippen molar-refractivity contribution < 1.29 is 19.8 Å². The van der Waals surface area contributed by atoms with Crippen LogP contribution in [-0.2, 0) is 0 Å². The van der Waals surface area contributed by atoms with E-state index in [9.17, 15) is 14.7 Å². The monoisotopic (exact) mass is 232 g/mol. The molecule has 0 unspecified atom stereocenters. The Labute approximate surface area is 95.7 Å². The lowest BCUT2D eigenvalue weighted by atomic mass is 10.2. The molecule has 1 aromatic carbocycles. The van der Waals surface area contributed by atoms with E-state index < -0.39 is 17.5 Å². The fourth-order valence-corrected chi connectivity index (χ4v) is 1.44. The summed E-state index contributed by atoms with van der Waals surface area (Å²) in [7, 11) is 0. The number of carboxylic acids is 1. The Balaban J connectivity index is 2.65. The zero-order valence-electron chi connectivity index (χ0n) is 8.57. The Morgan fingerprint density at radius 3 is 2.41 bits per heavy atom. The van der Waals surface area contributed by atoms with E-state index in [0.29, 0.717) is 5.69 Å². The molecule has 0 aliphatic heterocycles. The zero-order chi connectivity index (χ0) is 12.4. The summed E-state index contributed by atoms with van der Waals surface area (Å²) in [5.41, 5.74) is -0.330. The van der Waals surface area contributed by atoms with Gasteiger partial charge in [-0.25, -0.2) is 4.79 Å². The van der Waals surface area contributed by atoms with Crippen LogP contribution in [0.4, 0.5) is 0 Å². The summed E-state index contributed by atoms with van der Waals surface area (Å²) in [5, 5.41) is 22.2.